The predicted octanol–water partition coefficient (Wildman–Crippen LogP) is 5.72. The van der Waals surface area contributed by atoms with Crippen LogP contribution >= 0.6 is 34.8 Å². The summed E-state index contributed by atoms with van der Waals surface area (Å²) in [7, 11) is 0. The molecule has 2 rings (SSSR count). The van der Waals surface area contributed by atoms with Crippen LogP contribution in [0.2, 0.25) is 15.1 Å². The standard InChI is InChI=1S/C16H16Cl3NO/c1-2-11(20)7-10-3-5-12(6-4-10)21-16-9-14(18)13(17)8-15(16)19/h3-6,8-9,11H,2,7,20H2,1H3. The third-order valence-corrected chi connectivity index (χ3v) is 4.17. The Labute approximate surface area is 139 Å². The number of hydrogen-bond donors (Lipinski definition) is 1. The summed E-state index contributed by atoms with van der Waals surface area (Å²) in [5.74, 6) is 1.16. The second-order valence-electron chi connectivity index (χ2n) is 4.82. The van der Waals surface area contributed by atoms with Gasteiger partial charge in [0.25, 0.3) is 0 Å². The van der Waals surface area contributed by atoms with Crippen molar-refractivity contribution in [3.8, 4) is 11.5 Å². The van der Waals surface area contributed by atoms with Crippen molar-refractivity contribution >= 4 is 34.8 Å². The Morgan fingerprint density at radius 3 is 2.24 bits per heavy atom. The minimum Gasteiger partial charge on any atom is -0.456 e. The van der Waals surface area contributed by atoms with Crippen molar-refractivity contribution in [2.24, 2.45) is 5.73 Å². The summed E-state index contributed by atoms with van der Waals surface area (Å²) in [6.07, 6.45) is 1.81. The summed E-state index contributed by atoms with van der Waals surface area (Å²) in [6, 6.07) is 11.1. The molecule has 112 valence electrons. The topological polar surface area (TPSA) is 35.2 Å². The first-order valence-electron chi connectivity index (χ1n) is 6.66. The summed E-state index contributed by atoms with van der Waals surface area (Å²) >= 11 is 17.9. The van der Waals surface area contributed by atoms with Crippen LogP contribution < -0.4 is 10.5 Å². The van der Waals surface area contributed by atoms with E-state index in [0.29, 0.717) is 26.6 Å². The number of ether oxygens (including phenoxy) is 1. The van der Waals surface area contributed by atoms with Gasteiger partial charge in [0.05, 0.1) is 15.1 Å². The molecule has 0 aliphatic rings. The minimum atomic E-state index is 0.182. The van der Waals surface area contributed by atoms with Gasteiger partial charge in [-0.2, -0.15) is 0 Å². The number of hydrogen-bond acceptors (Lipinski definition) is 2. The average Bonchev–Trinajstić information content (AvgIpc) is 2.46. The molecular formula is C16H16Cl3NO. The molecule has 2 aromatic rings. The Hall–Kier alpha value is -0.930. The van der Waals surface area contributed by atoms with Crippen molar-refractivity contribution in [3.63, 3.8) is 0 Å². The summed E-state index contributed by atoms with van der Waals surface area (Å²) in [4.78, 5) is 0. The van der Waals surface area contributed by atoms with Crippen molar-refractivity contribution in [2.75, 3.05) is 0 Å². The van der Waals surface area contributed by atoms with E-state index in [1.165, 1.54) is 5.56 Å². The highest BCUT2D eigenvalue weighted by Crippen LogP contribution is 2.36. The molecule has 0 aliphatic heterocycles. The first kappa shape index (κ1) is 16.4. The molecule has 5 heteroatoms. The lowest BCUT2D eigenvalue weighted by atomic mass is 10.0. The van der Waals surface area contributed by atoms with Crippen LogP contribution in [0, 0.1) is 0 Å². The number of benzene rings is 2. The lowest BCUT2D eigenvalue weighted by molar-refractivity contribution is 0.482. The quantitative estimate of drug-likeness (QED) is 0.704. The van der Waals surface area contributed by atoms with E-state index in [1.807, 2.05) is 24.3 Å². The van der Waals surface area contributed by atoms with E-state index in [0.717, 1.165) is 12.8 Å². The molecule has 1 atom stereocenters. The maximum absolute atomic E-state index is 6.09. The van der Waals surface area contributed by atoms with Gasteiger partial charge >= 0.3 is 0 Å². The lowest BCUT2D eigenvalue weighted by Gasteiger charge is -2.11. The Bertz CT molecular complexity index is 614. The van der Waals surface area contributed by atoms with E-state index in [1.54, 1.807) is 12.1 Å². The van der Waals surface area contributed by atoms with Gasteiger partial charge in [0.2, 0.25) is 0 Å². The van der Waals surface area contributed by atoms with Crippen molar-refractivity contribution in [2.45, 2.75) is 25.8 Å². The monoisotopic (exact) mass is 343 g/mol. The highest BCUT2D eigenvalue weighted by Gasteiger charge is 2.08. The van der Waals surface area contributed by atoms with E-state index in [9.17, 15) is 0 Å². The van der Waals surface area contributed by atoms with E-state index in [4.69, 9.17) is 45.3 Å². The van der Waals surface area contributed by atoms with E-state index in [-0.39, 0.29) is 6.04 Å². The van der Waals surface area contributed by atoms with Crippen LogP contribution in [-0.4, -0.2) is 6.04 Å². The molecule has 0 saturated carbocycles. The molecule has 0 spiro atoms. The van der Waals surface area contributed by atoms with Crippen LogP contribution in [-0.2, 0) is 6.42 Å². The molecule has 0 saturated heterocycles. The maximum Gasteiger partial charge on any atom is 0.147 e. The minimum absolute atomic E-state index is 0.182. The van der Waals surface area contributed by atoms with Crippen LogP contribution in [0.4, 0.5) is 0 Å². The molecular weight excluding hydrogens is 329 g/mol. The van der Waals surface area contributed by atoms with Gasteiger partial charge in [-0.05, 0) is 36.6 Å². The van der Waals surface area contributed by atoms with E-state index >= 15 is 0 Å². The molecule has 0 aromatic heterocycles. The Morgan fingerprint density at radius 2 is 1.62 bits per heavy atom. The first-order chi connectivity index (χ1) is 9.99. The van der Waals surface area contributed by atoms with Gasteiger partial charge in [0.15, 0.2) is 0 Å². The molecule has 0 amide bonds. The van der Waals surface area contributed by atoms with Gasteiger partial charge in [0, 0.05) is 12.1 Å². The molecule has 0 heterocycles. The van der Waals surface area contributed by atoms with Gasteiger partial charge in [-0.15, -0.1) is 0 Å². The van der Waals surface area contributed by atoms with Gasteiger partial charge < -0.3 is 10.5 Å². The van der Waals surface area contributed by atoms with Gasteiger partial charge in [-0.3, -0.25) is 0 Å². The fourth-order valence-electron chi connectivity index (χ4n) is 1.85. The second-order valence-corrected chi connectivity index (χ2v) is 6.04. The molecule has 0 fully saturated rings. The number of nitrogens with two attached hydrogens (primary N) is 1. The van der Waals surface area contributed by atoms with Crippen LogP contribution in [0.25, 0.3) is 0 Å². The van der Waals surface area contributed by atoms with Crippen LogP contribution in [0.3, 0.4) is 0 Å². The zero-order chi connectivity index (χ0) is 15.4. The highest BCUT2D eigenvalue weighted by atomic mass is 35.5. The average molecular weight is 345 g/mol. The van der Waals surface area contributed by atoms with Crippen molar-refractivity contribution < 1.29 is 4.74 Å². The third-order valence-electron chi connectivity index (χ3n) is 3.15. The Balaban J connectivity index is 2.12. The largest absolute Gasteiger partial charge is 0.456 e. The summed E-state index contributed by atoms with van der Waals surface area (Å²) in [6.45, 7) is 2.08. The van der Waals surface area contributed by atoms with E-state index in [2.05, 4.69) is 6.92 Å². The van der Waals surface area contributed by atoms with Gasteiger partial charge in [-0.1, -0.05) is 53.9 Å². The molecule has 0 aliphatic carbocycles. The van der Waals surface area contributed by atoms with E-state index < -0.39 is 0 Å². The molecule has 0 radical (unpaired) electrons. The third kappa shape index (κ3) is 4.52. The fraction of sp³-hybridized carbons (Fsp3) is 0.250. The summed E-state index contributed by atoms with van der Waals surface area (Å²) in [5, 5.41) is 1.22. The zero-order valence-electron chi connectivity index (χ0n) is 11.6. The van der Waals surface area contributed by atoms with Gasteiger partial charge in [-0.25, -0.2) is 0 Å². The van der Waals surface area contributed by atoms with Gasteiger partial charge in [0.1, 0.15) is 11.5 Å². The SMILES string of the molecule is CCC(N)Cc1ccc(Oc2cc(Cl)c(Cl)cc2Cl)cc1. The Kier molecular flexibility index (Phi) is 5.77. The molecule has 0 bridgehead atoms. The number of halogens is 3. The normalized spacial score (nSPS) is 12.2. The van der Waals surface area contributed by atoms with Crippen LogP contribution in [0.5, 0.6) is 11.5 Å². The van der Waals surface area contributed by atoms with Crippen molar-refractivity contribution in [1.82, 2.24) is 0 Å². The first-order valence-corrected chi connectivity index (χ1v) is 7.80. The smallest absolute Gasteiger partial charge is 0.147 e. The molecule has 2 nitrogen and oxygen atoms in total. The molecule has 2 aromatic carbocycles. The van der Waals surface area contributed by atoms with Crippen LogP contribution in [0.1, 0.15) is 18.9 Å². The highest BCUT2D eigenvalue weighted by molar-refractivity contribution is 6.43. The van der Waals surface area contributed by atoms with Crippen molar-refractivity contribution in [1.29, 1.82) is 0 Å². The molecule has 1 unspecified atom stereocenters. The van der Waals surface area contributed by atoms with Crippen molar-refractivity contribution in [3.05, 3.63) is 57.0 Å². The predicted molar refractivity (Wildman–Crippen MR) is 90.0 cm³/mol. The summed E-state index contributed by atoms with van der Waals surface area (Å²) in [5.41, 5.74) is 7.12. The maximum atomic E-state index is 6.09. The van der Waals surface area contributed by atoms with Crippen LogP contribution in [0.15, 0.2) is 36.4 Å². The Morgan fingerprint density at radius 1 is 1.00 bits per heavy atom. The number of rotatable bonds is 5. The second kappa shape index (κ2) is 7.37. The molecule has 2 N–H and O–H groups in total. The lowest BCUT2D eigenvalue weighted by Crippen LogP contribution is -2.21. The molecule has 21 heavy (non-hydrogen) atoms. The fourth-order valence-corrected chi connectivity index (χ4v) is 2.43. The summed E-state index contributed by atoms with van der Waals surface area (Å²) < 4.78 is 5.72. The zero-order valence-corrected chi connectivity index (χ0v) is 13.8.